The molecule has 2 aliphatic rings. The fourth-order valence-corrected chi connectivity index (χ4v) is 3.68. The van der Waals surface area contributed by atoms with E-state index in [1.54, 1.807) is 0 Å². The highest BCUT2D eigenvalue weighted by Crippen LogP contribution is 2.31. The molecule has 0 aromatic carbocycles. The minimum Gasteiger partial charge on any atom is -0.484 e. The van der Waals surface area contributed by atoms with E-state index in [4.69, 9.17) is 14.2 Å². The molecule has 0 amide bonds. The van der Waals surface area contributed by atoms with Crippen LogP contribution in [0.25, 0.3) is 0 Å². The van der Waals surface area contributed by atoms with Crippen LogP contribution >= 0.6 is 0 Å². The summed E-state index contributed by atoms with van der Waals surface area (Å²) in [6, 6.07) is 5.59. The molecular weight excluding hydrogens is 349 g/mol. The molecule has 4 rings (SSSR count). The van der Waals surface area contributed by atoms with Crippen LogP contribution in [0.2, 0.25) is 0 Å². The molecule has 0 aliphatic carbocycles. The number of ether oxygens (including phenoxy) is 3. The average molecular weight is 373 g/mol. The third-order valence-corrected chi connectivity index (χ3v) is 4.94. The van der Waals surface area contributed by atoms with Crippen molar-refractivity contribution in [2.24, 2.45) is 0 Å². The number of halogens is 1. The van der Waals surface area contributed by atoms with Gasteiger partial charge in [-0.2, -0.15) is 0 Å². The third kappa shape index (κ3) is 3.98. The Labute approximate surface area is 158 Å². The van der Waals surface area contributed by atoms with Crippen molar-refractivity contribution in [3.05, 3.63) is 41.0 Å². The molecule has 0 saturated carbocycles. The molecule has 2 atom stereocenters. The molecular formula is C20H24FN3O3. The van der Waals surface area contributed by atoms with Crippen molar-refractivity contribution >= 4 is 0 Å². The Kier molecular flexibility index (Phi) is 4.86. The molecule has 0 N–H and O–H groups in total. The highest BCUT2D eigenvalue weighted by molar-refractivity contribution is 5.36. The Morgan fingerprint density at radius 3 is 2.81 bits per heavy atom. The first-order valence-corrected chi connectivity index (χ1v) is 9.29. The van der Waals surface area contributed by atoms with Crippen molar-refractivity contribution in [2.45, 2.75) is 45.9 Å². The molecule has 4 heterocycles. The van der Waals surface area contributed by atoms with Gasteiger partial charge in [0, 0.05) is 43.4 Å². The van der Waals surface area contributed by atoms with Crippen LogP contribution in [0.15, 0.2) is 18.2 Å². The predicted molar refractivity (Wildman–Crippen MR) is 97.8 cm³/mol. The largest absolute Gasteiger partial charge is 0.484 e. The van der Waals surface area contributed by atoms with Gasteiger partial charge in [0.1, 0.15) is 25.1 Å². The minimum atomic E-state index is -0.369. The molecule has 2 aromatic rings. The van der Waals surface area contributed by atoms with E-state index in [0.29, 0.717) is 49.5 Å². The number of fused-ring (bicyclic) bond motifs is 1. The summed E-state index contributed by atoms with van der Waals surface area (Å²) in [6.07, 6.45) is 0.884. The second-order valence-electron chi connectivity index (χ2n) is 7.30. The predicted octanol–water partition coefficient (Wildman–Crippen LogP) is 3.05. The van der Waals surface area contributed by atoms with Gasteiger partial charge in [0.05, 0.1) is 5.69 Å². The minimum absolute atomic E-state index is 0.0222. The Morgan fingerprint density at radius 1 is 1.19 bits per heavy atom. The zero-order chi connectivity index (χ0) is 19.0. The summed E-state index contributed by atoms with van der Waals surface area (Å²) in [6.45, 7) is 8.07. The van der Waals surface area contributed by atoms with E-state index >= 15 is 0 Å². The molecule has 0 bridgehead atoms. The van der Waals surface area contributed by atoms with Crippen molar-refractivity contribution in [3.8, 4) is 17.5 Å². The molecule has 6 nitrogen and oxygen atoms in total. The van der Waals surface area contributed by atoms with E-state index in [1.165, 1.54) is 6.07 Å². The second-order valence-corrected chi connectivity index (χ2v) is 7.30. The first-order chi connectivity index (χ1) is 13.0. The Morgan fingerprint density at radius 2 is 2.00 bits per heavy atom. The van der Waals surface area contributed by atoms with Crippen LogP contribution in [-0.4, -0.2) is 46.8 Å². The number of rotatable bonds is 4. The summed E-state index contributed by atoms with van der Waals surface area (Å²) in [7, 11) is 0. The van der Waals surface area contributed by atoms with Crippen LogP contribution in [0.1, 0.15) is 30.3 Å². The summed E-state index contributed by atoms with van der Waals surface area (Å²) in [5, 5.41) is 0. The van der Waals surface area contributed by atoms with Crippen LogP contribution in [0.4, 0.5) is 4.39 Å². The van der Waals surface area contributed by atoms with Gasteiger partial charge in [-0.15, -0.1) is 0 Å². The van der Waals surface area contributed by atoms with Crippen LogP contribution in [0, 0.1) is 19.7 Å². The SMILES string of the molecule is Cc1cc(C)nc(O[C@@H]2C[C@H](C)N(Cc3nc4c(cc3F)OCCO4)C2)c1. The quantitative estimate of drug-likeness (QED) is 0.821. The van der Waals surface area contributed by atoms with Gasteiger partial charge in [-0.25, -0.2) is 14.4 Å². The van der Waals surface area contributed by atoms with E-state index in [2.05, 4.69) is 21.8 Å². The fourth-order valence-electron chi connectivity index (χ4n) is 3.68. The zero-order valence-electron chi connectivity index (χ0n) is 15.9. The molecule has 2 aliphatic heterocycles. The van der Waals surface area contributed by atoms with Crippen LogP contribution in [-0.2, 0) is 6.54 Å². The molecule has 27 heavy (non-hydrogen) atoms. The number of hydrogen-bond donors (Lipinski definition) is 0. The summed E-state index contributed by atoms with van der Waals surface area (Å²) in [4.78, 5) is 11.0. The number of nitrogens with zero attached hydrogens (tertiary/aromatic N) is 3. The lowest BCUT2D eigenvalue weighted by atomic mass is 10.2. The first-order valence-electron chi connectivity index (χ1n) is 9.29. The van der Waals surface area contributed by atoms with Crippen molar-refractivity contribution in [1.82, 2.24) is 14.9 Å². The molecule has 0 unspecified atom stereocenters. The van der Waals surface area contributed by atoms with Crippen LogP contribution in [0.3, 0.4) is 0 Å². The van der Waals surface area contributed by atoms with E-state index < -0.39 is 0 Å². The lowest BCUT2D eigenvalue weighted by molar-refractivity contribution is 0.160. The maximum Gasteiger partial charge on any atom is 0.257 e. The van der Waals surface area contributed by atoms with E-state index in [1.807, 2.05) is 26.0 Å². The smallest absolute Gasteiger partial charge is 0.257 e. The Balaban J connectivity index is 1.44. The van der Waals surface area contributed by atoms with Gasteiger partial charge in [0.2, 0.25) is 5.88 Å². The lowest BCUT2D eigenvalue weighted by Crippen LogP contribution is -2.29. The number of hydrogen-bond acceptors (Lipinski definition) is 6. The van der Waals surface area contributed by atoms with E-state index in [-0.39, 0.29) is 18.0 Å². The molecule has 1 fully saturated rings. The highest BCUT2D eigenvalue weighted by Gasteiger charge is 2.32. The number of pyridine rings is 2. The van der Waals surface area contributed by atoms with Crippen molar-refractivity contribution in [2.75, 3.05) is 19.8 Å². The fraction of sp³-hybridized carbons (Fsp3) is 0.500. The Bertz CT molecular complexity index is 825. The monoisotopic (exact) mass is 373 g/mol. The van der Waals surface area contributed by atoms with Gasteiger partial charge in [-0.3, -0.25) is 4.90 Å². The lowest BCUT2D eigenvalue weighted by Gasteiger charge is -2.22. The van der Waals surface area contributed by atoms with Gasteiger partial charge in [-0.1, -0.05) is 0 Å². The Hall–Kier alpha value is -2.41. The third-order valence-electron chi connectivity index (χ3n) is 4.94. The van der Waals surface area contributed by atoms with Crippen molar-refractivity contribution in [1.29, 1.82) is 0 Å². The second kappa shape index (κ2) is 7.31. The molecule has 0 spiro atoms. The normalized spacial score (nSPS) is 22.1. The van der Waals surface area contributed by atoms with E-state index in [0.717, 1.165) is 17.7 Å². The van der Waals surface area contributed by atoms with Gasteiger partial charge in [0.25, 0.3) is 5.88 Å². The molecule has 144 valence electrons. The highest BCUT2D eigenvalue weighted by atomic mass is 19.1. The van der Waals surface area contributed by atoms with E-state index in [9.17, 15) is 4.39 Å². The average Bonchev–Trinajstić information content (AvgIpc) is 2.93. The number of aromatic nitrogens is 2. The van der Waals surface area contributed by atoms with Crippen LogP contribution in [0.5, 0.6) is 17.5 Å². The van der Waals surface area contributed by atoms with Gasteiger partial charge in [-0.05, 0) is 32.4 Å². The molecule has 0 radical (unpaired) electrons. The summed E-state index contributed by atoms with van der Waals surface area (Å²) < 4.78 is 31.4. The van der Waals surface area contributed by atoms with Crippen LogP contribution < -0.4 is 14.2 Å². The van der Waals surface area contributed by atoms with Crippen molar-refractivity contribution in [3.63, 3.8) is 0 Å². The maximum absolute atomic E-state index is 14.4. The topological polar surface area (TPSA) is 56.7 Å². The van der Waals surface area contributed by atoms with Gasteiger partial charge < -0.3 is 14.2 Å². The summed E-state index contributed by atoms with van der Waals surface area (Å²) >= 11 is 0. The molecule has 7 heteroatoms. The standard InChI is InChI=1S/C20H24FN3O3/c1-12-6-13(2)22-19(7-12)27-15-8-14(3)24(10-15)11-17-16(21)9-18-20(23-17)26-5-4-25-18/h6-7,9,14-15H,4-5,8,10-11H2,1-3H3/t14-,15+/m0/s1. The first kappa shape index (κ1) is 18.0. The number of aryl methyl sites for hydroxylation is 2. The van der Waals surface area contributed by atoms with Gasteiger partial charge >= 0.3 is 0 Å². The summed E-state index contributed by atoms with van der Waals surface area (Å²) in [5.41, 5.74) is 2.44. The summed E-state index contributed by atoms with van der Waals surface area (Å²) in [5.74, 6) is 1.03. The zero-order valence-corrected chi connectivity index (χ0v) is 15.9. The number of likely N-dealkylation sites (tertiary alicyclic amines) is 1. The van der Waals surface area contributed by atoms with Gasteiger partial charge in [0.15, 0.2) is 5.75 Å². The maximum atomic E-state index is 14.4. The molecule has 1 saturated heterocycles. The molecule has 2 aromatic heterocycles. The van der Waals surface area contributed by atoms with Crippen molar-refractivity contribution < 1.29 is 18.6 Å².